The first-order valence-electron chi connectivity index (χ1n) is 11.2. The van der Waals surface area contributed by atoms with E-state index in [2.05, 4.69) is 29.2 Å². The van der Waals surface area contributed by atoms with Gasteiger partial charge in [0.05, 0.1) is 11.4 Å². The van der Waals surface area contributed by atoms with Crippen molar-refractivity contribution >= 4 is 11.3 Å². The van der Waals surface area contributed by atoms with Crippen molar-refractivity contribution in [2.75, 3.05) is 19.0 Å². The molecule has 0 radical (unpaired) electrons. The van der Waals surface area contributed by atoms with Crippen molar-refractivity contribution in [3.05, 3.63) is 108 Å². The molecular weight excluding hydrogens is 424 g/mol. The number of anilines is 1. The normalized spacial score (nSPS) is 11.1. The molecular formula is C28H26N4O2. The van der Waals surface area contributed by atoms with Crippen LogP contribution in [-0.4, -0.2) is 38.7 Å². The molecule has 6 heteroatoms. The van der Waals surface area contributed by atoms with Gasteiger partial charge >= 0.3 is 0 Å². The monoisotopic (exact) mass is 450 g/mol. The summed E-state index contributed by atoms with van der Waals surface area (Å²) in [5.41, 5.74) is 6.94. The van der Waals surface area contributed by atoms with E-state index in [1.54, 1.807) is 16.5 Å². The summed E-state index contributed by atoms with van der Waals surface area (Å²) in [6.45, 7) is 0. The Morgan fingerprint density at radius 1 is 0.735 bits per heavy atom. The van der Waals surface area contributed by atoms with Crippen molar-refractivity contribution in [2.45, 2.75) is 12.8 Å². The van der Waals surface area contributed by atoms with Crippen molar-refractivity contribution in [1.82, 2.24) is 14.4 Å². The molecule has 6 nitrogen and oxygen atoms in total. The molecule has 0 aliphatic rings. The second-order valence-electron chi connectivity index (χ2n) is 8.60. The Balaban J connectivity index is 1.61. The lowest BCUT2D eigenvalue weighted by Gasteiger charge is -2.13. The SMILES string of the molecule is CN(C)c1ccc(-c2cn3c(O)c(Cc4ccc(O)cc4)nc3c(Cc3ccccc3)n2)cc1. The molecule has 5 aromatic rings. The first-order chi connectivity index (χ1) is 16.5. The lowest BCUT2D eigenvalue weighted by atomic mass is 10.1. The van der Waals surface area contributed by atoms with Gasteiger partial charge in [0, 0.05) is 44.4 Å². The number of hydrogen-bond acceptors (Lipinski definition) is 5. The van der Waals surface area contributed by atoms with E-state index in [1.807, 2.05) is 62.8 Å². The first kappa shape index (κ1) is 21.5. The largest absolute Gasteiger partial charge is 0.508 e. The van der Waals surface area contributed by atoms with Crippen LogP contribution in [0.4, 0.5) is 5.69 Å². The number of aromatic nitrogens is 3. The Morgan fingerprint density at radius 2 is 1.38 bits per heavy atom. The number of phenolic OH excluding ortho intramolecular Hbond substituents is 1. The van der Waals surface area contributed by atoms with Gasteiger partial charge < -0.3 is 15.1 Å². The third kappa shape index (κ3) is 4.30. The molecule has 2 heterocycles. The number of phenols is 1. The third-order valence-electron chi connectivity index (χ3n) is 5.92. The van der Waals surface area contributed by atoms with Gasteiger partial charge in [0.1, 0.15) is 11.4 Å². The summed E-state index contributed by atoms with van der Waals surface area (Å²) < 4.78 is 1.73. The summed E-state index contributed by atoms with van der Waals surface area (Å²) in [6.07, 6.45) is 2.89. The van der Waals surface area contributed by atoms with Gasteiger partial charge in [-0.05, 0) is 35.4 Å². The summed E-state index contributed by atoms with van der Waals surface area (Å²) >= 11 is 0. The van der Waals surface area contributed by atoms with Crippen molar-refractivity contribution in [3.63, 3.8) is 0 Å². The summed E-state index contributed by atoms with van der Waals surface area (Å²) in [7, 11) is 4.02. The fourth-order valence-corrected chi connectivity index (χ4v) is 4.05. The molecule has 3 aromatic carbocycles. The number of benzene rings is 3. The zero-order valence-corrected chi connectivity index (χ0v) is 19.2. The van der Waals surface area contributed by atoms with Crippen LogP contribution in [0.5, 0.6) is 11.6 Å². The van der Waals surface area contributed by atoms with Crippen LogP contribution >= 0.6 is 0 Å². The molecule has 0 unspecified atom stereocenters. The molecule has 170 valence electrons. The van der Waals surface area contributed by atoms with Gasteiger partial charge in [0.2, 0.25) is 5.88 Å². The second-order valence-corrected chi connectivity index (χ2v) is 8.60. The third-order valence-corrected chi connectivity index (χ3v) is 5.92. The molecule has 0 fully saturated rings. The molecule has 0 amide bonds. The molecule has 2 aromatic heterocycles. The molecule has 0 bridgehead atoms. The molecule has 0 spiro atoms. The molecule has 0 saturated carbocycles. The standard InChI is InChI=1S/C28H26N4O2/c1-31(2)22-12-10-21(11-13-22)26-18-32-27(24(29-26)16-19-6-4-3-5-7-19)30-25(28(32)34)17-20-8-14-23(33)15-9-20/h3-15,18,33-34H,16-17H2,1-2H3. The molecule has 2 N–H and O–H groups in total. The van der Waals surface area contributed by atoms with E-state index >= 15 is 0 Å². The number of hydrogen-bond donors (Lipinski definition) is 2. The molecule has 5 rings (SSSR count). The zero-order valence-electron chi connectivity index (χ0n) is 19.2. The van der Waals surface area contributed by atoms with Gasteiger partial charge in [-0.25, -0.2) is 9.97 Å². The number of rotatable bonds is 6. The summed E-state index contributed by atoms with van der Waals surface area (Å²) in [5.74, 6) is 0.313. The Hall–Kier alpha value is -4.32. The van der Waals surface area contributed by atoms with E-state index < -0.39 is 0 Å². The van der Waals surface area contributed by atoms with Crippen LogP contribution in [0.3, 0.4) is 0 Å². The van der Waals surface area contributed by atoms with Gasteiger partial charge in [-0.2, -0.15) is 0 Å². The number of fused-ring (bicyclic) bond motifs is 1. The van der Waals surface area contributed by atoms with E-state index in [-0.39, 0.29) is 11.6 Å². The van der Waals surface area contributed by atoms with Crippen LogP contribution in [0, 0.1) is 0 Å². The van der Waals surface area contributed by atoms with E-state index in [1.165, 1.54) is 0 Å². The van der Waals surface area contributed by atoms with Crippen LogP contribution in [0.2, 0.25) is 0 Å². The van der Waals surface area contributed by atoms with Crippen LogP contribution in [0.1, 0.15) is 22.5 Å². The van der Waals surface area contributed by atoms with Crippen LogP contribution < -0.4 is 4.90 Å². The molecule has 0 aliphatic carbocycles. The summed E-state index contributed by atoms with van der Waals surface area (Å²) in [6, 6.07) is 25.3. The van der Waals surface area contributed by atoms with Gasteiger partial charge in [-0.3, -0.25) is 4.40 Å². The van der Waals surface area contributed by atoms with E-state index in [4.69, 9.17) is 9.97 Å². The zero-order chi connectivity index (χ0) is 23.7. The Bertz CT molecular complexity index is 1420. The fraction of sp³-hybridized carbons (Fsp3) is 0.143. The topological polar surface area (TPSA) is 73.9 Å². The minimum Gasteiger partial charge on any atom is -0.508 e. The fourth-order valence-electron chi connectivity index (χ4n) is 4.05. The van der Waals surface area contributed by atoms with Gasteiger partial charge in [-0.1, -0.05) is 54.6 Å². The highest BCUT2D eigenvalue weighted by Gasteiger charge is 2.18. The first-order valence-corrected chi connectivity index (χ1v) is 11.2. The average Bonchev–Trinajstić information content (AvgIpc) is 3.16. The number of imidazole rings is 1. The minimum absolute atomic E-state index is 0.103. The second kappa shape index (κ2) is 8.90. The Kier molecular flexibility index (Phi) is 5.64. The van der Waals surface area contributed by atoms with E-state index in [0.29, 0.717) is 24.2 Å². The highest BCUT2D eigenvalue weighted by Crippen LogP contribution is 2.29. The highest BCUT2D eigenvalue weighted by atomic mass is 16.3. The highest BCUT2D eigenvalue weighted by molar-refractivity contribution is 5.65. The summed E-state index contributed by atoms with van der Waals surface area (Å²) in [5, 5.41) is 20.7. The molecule has 34 heavy (non-hydrogen) atoms. The van der Waals surface area contributed by atoms with Crippen molar-refractivity contribution in [2.24, 2.45) is 0 Å². The lowest BCUT2D eigenvalue weighted by molar-refractivity contribution is 0.442. The van der Waals surface area contributed by atoms with E-state index in [0.717, 1.165) is 33.8 Å². The minimum atomic E-state index is 0.103. The quantitative estimate of drug-likeness (QED) is 0.379. The predicted molar refractivity (Wildman–Crippen MR) is 135 cm³/mol. The number of nitrogens with zero attached hydrogens (tertiary/aromatic N) is 4. The van der Waals surface area contributed by atoms with Crippen molar-refractivity contribution in [1.29, 1.82) is 0 Å². The Labute approximate surface area is 198 Å². The van der Waals surface area contributed by atoms with Gasteiger partial charge in [0.15, 0.2) is 5.65 Å². The van der Waals surface area contributed by atoms with Crippen LogP contribution in [0.25, 0.3) is 16.9 Å². The molecule has 0 saturated heterocycles. The lowest BCUT2D eigenvalue weighted by Crippen LogP contribution is -2.08. The predicted octanol–water partition coefficient (Wildman–Crippen LogP) is 5.06. The average molecular weight is 451 g/mol. The van der Waals surface area contributed by atoms with E-state index in [9.17, 15) is 10.2 Å². The maximum absolute atomic E-state index is 11.1. The smallest absolute Gasteiger partial charge is 0.219 e. The molecule has 0 aliphatic heterocycles. The van der Waals surface area contributed by atoms with Crippen LogP contribution in [0.15, 0.2) is 85.1 Å². The van der Waals surface area contributed by atoms with Crippen LogP contribution in [-0.2, 0) is 12.8 Å². The van der Waals surface area contributed by atoms with Gasteiger partial charge in [-0.15, -0.1) is 0 Å². The van der Waals surface area contributed by atoms with Gasteiger partial charge in [0.25, 0.3) is 0 Å². The maximum atomic E-state index is 11.1. The Morgan fingerprint density at radius 3 is 2.06 bits per heavy atom. The maximum Gasteiger partial charge on any atom is 0.219 e. The molecule has 0 atom stereocenters. The van der Waals surface area contributed by atoms with Crippen molar-refractivity contribution < 1.29 is 10.2 Å². The van der Waals surface area contributed by atoms with Crippen molar-refractivity contribution in [3.8, 4) is 22.9 Å². The number of aromatic hydroxyl groups is 2. The summed E-state index contributed by atoms with van der Waals surface area (Å²) in [4.78, 5) is 11.8.